The van der Waals surface area contributed by atoms with Crippen molar-refractivity contribution in [3.8, 4) is 0 Å². The largest absolute Gasteiger partial charge is 0.394 e. The van der Waals surface area contributed by atoms with Crippen LogP contribution in [-0.2, 0) is 0 Å². The number of anilines is 3. The van der Waals surface area contributed by atoms with Gasteiger partial charge in [0.25, 0.3) is 0 Å². The summed E-state index contributed by atoms with van der Waals surface area (Å²) in [6, 6.07) is 13.5. The molecule has 2 nitrogen and oxygen atoms in total. The summed E-state index contributed by atoms with van der Waals surface area (Å²) in [5.41, 5.74) is 3.34. The molecule has 4 aromatic rings. The first-order valence-corrected chi connectivity index (χ1v) is 10.3. The molecule has 4 rings (SSSR count). The summed E-state index contributed by atoms with van der Waals surface area (Å²) >= 11 is 2.73. The zero-order valence-corrected chi connectivity index (χ0v) is 19.0. The highest BCUT2D eigenvalue weighted by atomic mass is 79.9. The van der Waals surface area contributed by atoms with Crippen molar-refractivity contribution in [3.63, 3.8) is 0 Å². The highest BCUT2D eigenvalue weighted by Gasteiger charge is 2.14. The molecule has 0 aromatic heterocycles. The van der Waals surface area contributed by atoms with Crippen LogP contribution in [0.3, 0.4) is 0 Å². The Morgan fingerprint density at radius 3 is 0.971 bits per heavy atom. The Labute approximate surface area is 203 Å². The SMILES string of the molecule is Fc1cccc(F)c1Br.Fc1cccc(F)c1Nc1c(F)cccc1F.Nc1c(F)cccc1F. The Morgan fingerprint density at radius 1 is 0.457 bits per heavy atom. The fourth-order valence-electron chi connectivity index (χ4n) is 2.35. The molecular weight excluding hydrogens is 548 g/mol. The first-order chi connectivity index (χ1) is 16.5. The average Bonchev–Trinajstić information content (AvgIpc) is 2.81. The van der Waals surface area contributed by atoms with Crippen LogP contribution in [0, 0.1) is 46.5 Å². The van der Waals surface area contributed by atoms with E-state index in [0.29, 0.717) is 0 Å². The molecule has 3 N–H and O–H groups in total. The summed E-state index contributed by atoms with van der Waals surface area (Å²) in [5.74, 6) is -6.27. The molecular formula is C24H15BrF8N2. The number of nitrogens with two attached hydrogens (primary N) is 1. The van der Waals surface area contributed by atoms with Gasteiger partial charge in [0, 0.05) is 0 Å². The summed E-state index contributed by atoms with van der Waals surface area (Å²) in [6.07, 6.45) is 0. The molecule has 4 aromatic carbocycles. The predicted molar refractivity (Wildman–Crippen MR) is 121 cm³/mol. The zero-order chi connectivity index (χ0) is 26.1. The Balaban J connectivity index is 0.000000203. The Bertz CT molecular complexity index is 1120. The Kier molecular flexibility index (Phi) is 10.1. The van der Waals surface area contributed by atoms with E-state index < -0.39 is 63.6 Å². The van der Waals surface area contributed by atoms with E-state index in [4.69, 9.17) is 5.73 Å². The summed E-state index contributed by atoms with van der Waals surface area (Å²) in [5, 5.41) is 2.08. The average molecular weight is 563 g/mol. The van der Waals surface area contributed by atoms with E-state index in [9.17, 15) is 35.1 Å². The van der Waals surface area contributed by atoms with E-state index in [1.54, 1.807) is 0 Å². The van der Waals surface area contributed by atoms with Gasteiger partial charge in [-0.2, -0.15) is 0 Å². The van der Waals surface area contributed by atoms with E-state index in [2.05, 4.69) is 21.2 Å². The summed E-state index contributed by atoms with van der Waals surface area (Å²) in [7, 11) is 0. The minimum Gasteiger partial charge on any atom is -0.394 e. The first kappa shape index (κ1) is 27.6. The van der Waals surface area contributed by atoms with Crippen molar-refractivity contribution >= 4 is 33.0 Å². The fraction of sp³-hybridized carbons (Fsp3) is 0. The predicted octanol–water partition coefficient (Wildman–Crippen LogP) is 8.26. The highest BCUT2D eigenvalue weighted by molar-refractivity contribution is 9.10. The lowest BCUT2D eigenvalue weighted by molar-refractivity contribution is 0.572. The van der Waals surface area contributed by atoms with Gasteiger partial charge in [0.05, 0.1) is 4.47 Å². The van der Waals surface area contributed by atoms with Gasteiger partial charge in [0.2, 0.25) is 0 Å². The van der Waals surface area contributed by atoms with Crippen LogP contribution in [0.25, 0.3) is 0 Å². The number of benzene rings is 4. The normalized spacial score (nSPS) is 9.97. The molecule has 0 bridgehead atoms. The number of rotatable bonds is 2. The van der Waals surface area contributed by atoms with Crippen LogP contribution >= 0.6 is 15.9 Å². The van der Waals surface area contributed by atoms with Crippen LogP contribution in [0.4, 0.5) is 52.2 Å². The molecule has 0 amide bonds. The molecule has 0 spiro atoms. The lowest BCUT2D eigenvalue weighted by Crippen LogP contribution is -2.01. The first-order valence-electron chi connectivity index (χ1n) is 9.47. The molecule has 11 heteroatoms. The standard InChI is InChI=1S/C12H7F4N.C6H3BrF2.C6H5F2N/c13-7-3-1-4-8(14)11(7)17-12-9(15)5-2-6-10(12)16;7-6-4(8)2-1-3-5(6)9;7-4-2-1-3-5(8)6(4)9/h1-6,17H;1-3H;1-3H,9H2. The number of nitrogen functional groups attached to an aromatic ring is 1. The van der Waals surface area contributed by atoms with Gasteiger partial charge in [0.15, 0.2) is 0 Å². The van der Waals surface area contributed by atoms with Gasteiger partial charge in [-0.25, -0.2) is 35.1 Å². The van der Waals surface area contributed by atoms with Crippen LogP contribution in [0.5, 0.6) is 0 Å². The Morgan fingerprint density at radius 2 is 0.714 bits per heavy atom. The topological polar surface area (TPSA) is 38.0 Å². The number of hydrogen-bond donors (Lipinski definition) is 2. The lowest BCUT2D eigenvalue weighted by atomic mass is 10.2. The molecule has 0 atom stereocenters. The van der Waals surface area contributed by atoms with E-state index in [1.807, 2.05) is 0 Å². The second-order valence-corrected chi connectivity index (χ2v) is 7.28. The third-order valence-electron chi connectivity index (χ3n) is 4.08. The van der Waals surface area contributed by atoms with Gasteiger partial charge in [0.1, 0.15) is 63.6 Å². The maximum Gasteiger partial charge on any atom is 0.149 e. The smallest absolute Gasteiger partial charge is 0.149 e. The fourth-order valence-corrected chi connectivity index (χ4v) is 2.61. The van der Waals surface area contributed by atoms with Crippen molar-refractivity contribution in [2.45, 2.75) is 0 Å². The van der Waals surface area contributed by atoms with Gasteiger partial charge in [-0.15, -0.1) is 0 Å². The lowest BCUT2D eigenvalue weighted by Gasteiger charge is -2.10. The molecule has 0 heterocycles. The van der Waals surface area contributed by atoms with Gasteiger partial charge in [-0.3, -0.25) is 0 Å². The van der Waals surface area contributed by atoms with Crippen LogP contribution < -0.4 is 11.1 Å². The van der Waals surface area contributed by atoms with Gasteiger partial charge in [-0.05, 0) is 64.5 Å². The molecule has 0 radical (unpaired) electrons. The van der Waals surface area contributed by atoms with Crippen molar-refractivity contribution in [2.75, 3.05) is 11.1 Å². The Hall–Kier alpha value is -3.60. The third-order valence-corrected chi connectivity index (χ3v) is 4.84. The molecule has 0 aliphatic heterocycles. The summed E-state index contributed by atoms with van der Waals surface area (Å²) in [4.78, 5) is 0. The van der Waals surface area contributed by atoms with Crippen LogP contribution in [0.1, 0.15) is 0 Å². The van der Waals surface area contributed by atoms with E-state index in [0.717, 1.165) is 48.5 Å². The van der Waals surface area contributed by atoms with Crippen LogP contribution in [0.2, 0.25) is 0 Å². The maximum absolute atomic E-state index is 13.3. The molecule has 35 heavy (non-hydrogen) atoms. The molecule has 0 saturated carbocycles. The number of hydrogen-bond acceptors (Lipinski definition) is 2. The van der Waals surface area contributed by atoms with Crippen molar-refractivity contribution in [1.29, 1.82) is 0 Å². The van der Waals surface area contributed by atoms with Gasteiger partial charge >= 0.3 is 0 Å². The number of para-hydroxylation sites is 3. The second kappa shape index (κ2) is 12.7. The monoisotopic (exact) mass is 562 g/mol. The number of halogens is 9. The van der Waals surface area contributed by atoms with Crippen molar-refractivity contribution in [3.05, 3.63) is 124 Å². The molecule has 0 saturated heterocycles. The summed E-state index contributed by atoms with van der Waals surface area (Å²) < 4.78 is 102. The number of nitrogens with one attached hydrogen (secondary N) is 1. The minimum atomic E-state index is -0.923. The van der Waals surface area contributed by atoms with Crippen LogP contribution in [0.15, 0.2) is 77.3 Å². The van der Waals surface area contributed by atoms with E-state index >= 15 is 0 Å². The van der Waals surface area contributed by atoms with E-state index in [-0.39, 0.29) is 4.47 Å². The zero-order valence-electron chi connectivity index (χ0n) is 17.4. The van der Waals surface area contributed by atoms with E-state index in [1.165, 1.54) is 24.3 Å². The van der Waals surface area contributed by atoms with Crippen molar-refractivity contribution in [1.82, 2.24) is 0 Å². The van der Waals surface area contributed by atoms with Gasteiger partial charge in [-0.1, -0.05) is 24.3 Å². The van der Waals surface area contributed by atoms with Gasteiger partial charge < -0.3 is 11.1 Å². The molecule has 0 unspecified atom stereocenters. The molecule has 184 valence electrons. The summed E-state index contributed by atoms with van der Waals surface area (Å²) in [6.45, 7) is 0. The van der Waals surface area contributed by atoms with Crippen molar-refractivity contribution < 1.29 is 35.1 Å². The minimum absolute atomic E-state index is 0.106. The quantitative estimate of drug-likeness (QED) is 0.146. The van der Waals surface area contributed by atoms with Crippen molar-refractivity contribution in [2.24, 2.45) is 0 Å². The second-order valence-electron chi connectivity index (χ2n) is 6.49. The molecule has 0 fully saturated rings. The third kappa shape index (κ3) is 7.71. The maximum atomic E-state index is 13.3. The molecule has 0 aliphatic carbocycles. The van der Waals surface area contributed by atoms with Crippen LogP contribution in [-0.4, -0.2) is 0 Å². The highest BCUT2D eigenvalue weighted by Crippen LogP contribution is 2.26. The molecule has 0 aliphatic rings.